The first-order valence-electron chi connectivity index (χ1n) is 4.14. The Bertz CT molecular complexity index is 601. The van der Waals surface area contributed by atoms with Crippen molar-refractivity contribution in [1.29, 1.82) is 0 Å². The molecule has 0 N–H and O–H groups in total. The molecule has 0 aliphatic rings. The summed E-state index contributed by atoms with van der Waals surface area (Å²) in [5.74, 6) is 0. The molecule has 0 unspecified atom stereocenters. The Morgan fingerprint density at radius 2 is 1.53 bits per heavy atom. The van der Waals surface area contributed by atoms with Crippen LogP contribution in [0.3, 0.4) is 0 Å². The van der Waals surface area contributed by atoms with Crippen LogP contribution in [0.2, 0.25) is 0 Å². The normalized spacial score (nSPS) is 12.2. The van der Waals surface area contributed by atoms with Crippen molar-refractivity contribution in [3.05, 3.63) is 24.3 Å². The van der Waals surface area contributed by atoms with E-state index >= 15 is 0 Å². The molecule has 0 heterocycles. The molecule has 17 heavy (non-hydrogen) atoms. The summed E-state index contributed by atoms with van der Waals surface area (Å²) in [6.07, 6.45) is 3.37. The van der Waals surface area contributed by atoms with Gasteiger partial charge < -0.3 is 0 Å². The predicted octanol–water partition coefficient (Wildman–Crippen LogP) is 1.14. The first-order chi connectivity index (χ1) is 8.18. The standard InChI is InChI=1S/C9H4N3O4P/c13-5-10-8-3-1-2-4-9(8)17(16,11-6-14)12-7-15/h1-4H. The second-order valence-electron chi connectivity index (χ2n) is 2.62. The number of para-hydroxylation sites is 1. The number of benzene rings is 1. The van der Waals surface area contributed by atoms with Crippen LogP contribution in [0.1, 0.15) is 0 Å². The van der Waals surface area contributed by atoms with E-state index in [1.54, 1.807) is 0 Å². The van der Waals surface area contributed by atoms with Crippen molar-refractivity contribution in [2.24, 2.45) is 14.5 Å². The van der Waals surface area contributed by atoms with Gasteiger partial charge in [-0.25, -0.2) is 14.4 Å². The molecule has 0 radical (unpaired) electrons. The molecule has 1 aromatic rings. The molecule has 0 atom stereocenters. The van der Waals surface area contributed by atoms with Crippen LogP contribution >= 0.6 is 7.44 Å². The minimum Gasteiger partial charge on any atom is -0.265 e. The summed E-state index contributed by atoms with van der Waals surface area (Å²) in [5.41, 5.74) is -0.0381. The molecule has 0 aliphatic heterocycles. The van der Waals surface area contributed by atoms with E-state index in [1.807, 2.05) is 0 Å². The third-order valence-electron chi connectivity index (χ3n) is 1.71. The van der Waals surface area contributed by atoms with Gasteiger partial charge in [0.2, 0.25) is 18.2 Å². The number of rotatable bonds is 4. The van der Waals surface area contributed by atoms with E-state index in [9.17, 15) is 18.9 Å². The molecular formula is C9H4N3O4P. The topological polar surface area (TPSA) is 105 Å². The predicted molar refractivity (Wildman–Crippen MR) is 57.7 cm³/mol. The van der Waals surface area contributed by atoms with E-state index in [4.69, 9.17) is 0 Å². The molecule has 0 fully saturated rings. The van der Waals surface area contributed by atoms with E-state index in [-0.39, 0.29) is 11.0 Å². The van der Waals surface area contributed by atoms with E-state index in [2.05, 4.69) is 14.5 Å². The molecule has 0 spiro atoms. The van der Waals surface area contributed by atoms with Gasteiger partial charge in [0.1, 0.15) is 0 Å². The molecule has 84 valence electrons. The van der Waals surface area contributed by atoms with Crippen LogP contribution in [0.4, 0.5) is 5.69 Å². The fourth-order valence-corrected chi connectivity index (χ4v) is 2.28. The second kappa shape index (κ2) is 5.61. The number of aliphatic imine (C=N–C) groups is 1. The molecule has 0 amide bonds. The largest absolute Gasteiger partial charge is 0.351 e. The summed E-state index contributed by atoms with van der Waals surface area (Å²) < 4.78 is 18.0. The van der Waals surface area contributed by atoms with Crippen molar-refractivity contribution in [3.8, 4) is 0 Å². The summed E-state index contributed by atoms with van der Waals surface area (Å²) in [6, 6.07) is 5.60. The van der Waals surface area contributed by atoms with Crippen molar-refractivity contribution in [3.63, 3.8) is 0 Å². The monoisotopic (exact) mass is 249 g/mol. The van der Waals surface area contributed by atoms with Crippen LogP contribution < -0.4 is 5.30 Å². The maximum Gasteiger partial charge on any atom is 0.351 e. The van der Waals surface area contributed by atoms with Gasteiger partial charge in [0.05, 0.1) is 11.0 Å². The lowest BCUT2D eigenvalue weighted by molar-refractivity contribution is 0.560. The van der Waals surface area contributed by atoms with E-state index in [1.165, 1.54) is 30.3 Å². The Morgan fingerprint density at radius 3 is 2.06 bits per heavy atom. The number of hydrogen-bond donors (Lipinski definition) is 0. The number of nitrogens with zero attached hydrogens (tertiary/aromatic N) is 3. The van der Waals surface area contributed by atoms with E-state index in [0.29, 0.717) is 0 Å². The number of hydrogen-bond acceptors (Lipinski definition) is 5. The molecule has 0 aliphatic carbocycles. The summed E-state index contributed by atoms with van der Waals surface area (Å²) in [5, 5.41) is -0.130. The average Bonchev–Trinajstić information content (AvgIpc) is 2.31. The summed E-state index contributed by atoms with van der Waals surface area (Å²) >= 11 is 0. The Morgan fingerprint density at radius 1 is 0.941 bits per heavy atom. The lowest BCUT2D eigenvalue weighted by Crippen LogP contribution is -2.01. The van der Waals surface area contributed by atoms with Crippen LogP contribution in [0.5, 0.6) is 0 Å². The second-order valence-corrected chi connectivity index (χ2v) is 4.59. The summed E-state index contributed by atoms with van der Waals surface area (Å²) in [6.45, 7) is 0. The highest BCUT2D eigenvalue weighted by Gasteiger charge is 2.26. The SMILES string of the molecule is O=C=Nc1ccccc1P(=O)(N=C=O)N=C=O. The van der Waals surface area contributed by atoms with Crippen molar-refractivity contribution in [1.82, 2.24) is 0 Å². The lowest BCUT2D eigenvalue weighted by atomic mass is 10.3. The van der Waals surface area contributed by atoms with Crippen molar-refractivity contribution in [2.45, 2.75) is 0 Å². The van der Waals surface area contributed by atoms with E-state index < -0.39 is 7.44 Å². The van der Waals surface area contributed by atoms with Crippen molar-refractivity contribution >= 4 is 36.7 Å². The van der Waals surface area contributed by atoms with Gasteiger partial charge in [0.15, 0.2) is 0 Å². The third kappa shape index (κ3) is 2.79. The van der Waals surface area contributed by atoms with Gasteiger partial charge in [-0.3, -0.25) is 4.57 Å². The molecule has 0 saturated carbocycles. The number of carbonyl (C=O) groups excluding carboxylic acids is 3. The lowest BCUT2D eigenvalue weighted by Gasteiger charge is -2.05. The Kier molecular flexibility index (Phi) is 4.18. The van der Waals surface area contributed by atoms with Gasteiger partial charge in [-0.05, 0) is 12.1 Å². The Labute approximate surface area is 95.1 Å². The van der Waals surface area contributed by atoms with Crippen LogP contribution in [0.15, 0.2) is 38.8 Å². The van der Waals surface area contributed by atoms with Gasteiger partial charge in [-0.1, -0.05) is 12.1 Å². The number of isocyanates is 3. The third-order valence-corrected chi connectivity index (χ3v) is 3.43. The zero-order chi connectivity index (χ0) is 12.7. The molecule has 1 rings (SSSR count). The van der Waals surface area contributed by atoms with Crippen molar-refractivity contribution < 1.29 is 18.9 Å². The maximum atomic E-state index is 12.1. The average molecular weight is 249 g/mol. The molecular weight excluding hydrogens is 245 g/mol. The maximum absolute atomic E-state index is 12.1. The molecule has 7 nitrogen and oxygen atoms in total. The molecule has 1 aromatic carbocycles. The van der Waals surface area contributed by atoms with Crippen LogP contribution in [-0.4, -0.2) is 18.2 Å². The first kappa shape index (κ1) is 12.7. The minimum atomic E-state index is -4.01. The summed E-state index contributed by atoms with van der Waals surface area (Å²) in [4.78, 5) is 33.8. The minimum absolute atomic E-state index is 0.0381. The van der Waals surface area contributed by atoms with Crippen LogP contribution in [-0.2, 0) is 18.9 Å². The summed E-state index contributed by atoms with van der Waals surface area (Å²) in [7, 11) is -4.01. The van der Waals surface area contributed by atoms with Crippen LogP contribution in [0.25, 0.3) is 0 Å². The van der Waals surface area contributed by atoms with E-state index in [0.717, 1.165) is 12.2 Å². The van der Waals surface area contributed by atoms with Crippen LogP contribution in [0, 0.1) is 0 Å². The van der Waals surface area contributed by atoms with Gasteiger partial charge in [0, 0.05) is 0 Å². The zero-order valence-corrected chi connectivity index (χ0v) is 9.13. The smallest absolute Gasteiger partial charge is 0.265 e. The van der Waals surface area contributed by atoms with Gasteiger partial charge in [0.25, 0.3) is 0 Å². The molecule has 0 bridgehead atoms. The molecule has 8 heteroatoms. The molecule has 0 aromatic heterocycles. The Hall–Kier alpha value is -2.41. The quantitative estimate of drug-likeness (QED) is 0.453. The van der Waals surface area contributed by atoms with Gasteiger partial charge >= 0.3 is 7.44 Å². The molecule has 0 saturated heterocycles. The highest BCUT2D eigenvalue weighted by molar-refractivity contribution is 7.69. The highest BCUT2D eigenvalue weighted by Crippen LogP contribution is 2.48. The fraction of sp³-hybridized carbons (Fsp3) is 0. The highest BCUT2D eigenvalue weighted by atomic mass is 31.2. The van der Waals surface area contributed by atoms with Gasteiger partial charge in [-0.15, -0.1) is 9.53 Å². The Balaban J connectivity index is 3.59. The zero-order valence-electron chi connectivity index (χ0n) is 8.23. The fourth-order valence-electron chi connectivity index (χ4n) is 1.09. The first-order valence-corrected chi connectivity index (χ1v) is 5.75. The van der Waals surface area contributed by atoms with Crippen molar-refractivity contribution in [2.75, 3.05) is 0 Å². The van der Waals surface area contributed by atoms with Gasteiger partial charge in [-0.2, -0.15) is 4.99 Å².